The summed E-state index contributed by atoms with van der Waals surface area (Å²) in [6, 6.07) is 17.2. The Labute approximate surface area is 198 Å². The van der Waals surface area contributed by atoms with E-state index in [0.29, 0.717) is 0 Å². The van der Waals surface area contributed by atoms with Gasteiger partial charge in [0.05, 0.1) is 5.69 Å². The highest BCUT2D eigenvalue weighted by molar-refractivity contribution is 8.03. The summed E-state index contributed by atoms with van der Waals surface area (Å²) in [6.07, 6.45) is 21.3. The predicted molar refractivity (Wildman–Crippen MR) is 141 cm³/mol. The Morgan fingerprint density at radius 3 is 2.36 bits per heavy atom. The zero-order valence-corrected chi connectivity index (χ0v) is 19.2. The van der Waals surface area contributed by atoms with Crippen LogP contribution in [0, 0.1) is 0 Å². The summed E-state index contributed by atoms with van der Waals surface area (Å²) in [5.74, 6) is 0. The molecular weight excluding hydrogens is 420 g/mol. The van der Waals surface area contributed by atoms with Crippen LogP contribution in [0.5, 0.6) is 0 Å². The van der Waals surface area contributed by atoms with Gasteiger partial charge in [0.1, 0.15) is 0 Å². The molecule has 0 N–H and O–H groups in total. The van der Waals surface area contributed by atoms with Crippen LogP contribution in [0.2, 0.25) is 0 Å². The Kier molecular flexibility index (Phi) is 5.41. The second-order valence-electron chi connectivity index (χ2n) is 8.47. The molecule has 0 fully saturated rings. The molecule has 0 saturated carbocycles. The van der Waals surface area contributed by atoms with Crippen molar-refractivity contribution < 1.29 is 0 Å². The van der Waals surface area contributed by atoms with Crippen molar-refractivity contribution in [2.24, 2.45) is 0 Å². The van der Waals surface area contributed by atoms with Crippen LogP contribution in [0.3, 0.4) is 0 Å². The summed E-state index contributed by atoms with van der Waals surface area (Å²) >= 11 is 1.91. The fourth-order valence-corrected chi connectivity index (χ4v) is 6.03. The molecule has 2 heterocycles. The molecule has 2 aromatic carbocycles. The van der Waals surface area contributed by atoms with E-state index in [1.54, 1.807) is 0 Å². The maximum absolute atomic E-state index is 4.53. The fraction of sp³-hybridized carbons (Fsp3) is 0.133. The first-order chi connectivity index (χ1) is 16.4. The van der Waals surface area contributed by atoms with Crippen molar-refractivity contribution in [1.29, 1.82) is 0 Å². The maximum Gasteiger partial charge on any atom is 0.0661 e. The van der Waals surface area contributed by atoms with Gasteiger partial charge in [-0.05, 0) is 81.7 Å². The molecule has 0 radical (unpaired) electrons. The average molecular weight is 445 g/mol. The van der Waals surface area contributed by atoms with Gasteiger partial charge in [-0.3, -0.25) is 9.97 Å². The van der Waals surface area contributed by atoms with Gasteiger partial charge in [0, 0.05) is 28.9 Å². The summed E-state index contributed by atoms with van der Waals surface area (Å²) in [5, 5.41) is 5.19. The molecule has 33 heavy (non-hydrogen) atoms. The third-order valence-corrected chi connectivity index (χ3v) is 7.70. The largest absolute Gasteiger partial charge is 0.264 e. The lowest BCUT2D eigenvalue weighted by Gasteiger charge is -2.20. The van der Waals surface area contributed by atoms with E-state index in [4.69, 9.17) is 0 Å². The van der Waals surface area contributed by atoms with Gasteiger partial charge in [0.2, 0.25) is 0 Å². The first-order valence-electron chi connectivity index (χ1n) is 11.5. The van der Waals surface area contributed by atoms with Crippen molar-refractivity contribution in [3.63, 3.8) is 0 Å². The van der Waals surface area contributed by atoms with Crippen molar-refractivity contribution in [1.82, 2.24) is 9.97 Å². The number of rotatable bonds is 4. The lowest BCUT2D eigenvalue weighted by Crippen LogP contribution is -1.96. The molecule has 2 aliphatic rings. The molecule has 3 heteroatoms. The van der Waals surface area contributed by atoms with Crippen LogP contribution < -0.4 is 0 Å². The first kappa shape index (κ1) is 20.2. The summed E-state index contributed by atoms with van der Waals surface area (Å²) in [5.41, 5.74) is 5.14. The van der Waals surface area contributed by atoms with Crippen LogP contribution in [-0.4, -0.2) is 9.97 Å². The van der Waals surface area contributed by atoms with E-state index >= 15 is 0 Å². The van der Waals surface area contributed by atoms with Crippen LogP contribution in [0.25, 0.3) is 32.7 Å². The van der Waals surface area contributed by atoms with E-state index in [9.17, 15) is 0 Å². The van der Waals surface area contributed by atoms with E-state index in [-0.39, 0.29) is 0 Å². The standard InChI is InChI=1S/C30H24N2S/c1-2-8-22(9-3-1)29-24-10-4-5-11-25(24)30(26-17-19-31-20-27(26)29)33-23-15-13-21(14-16-23)28-12-6-7-18-32-28/h1-2,4-8,10-13,15,17-20H,3,9,14,16H2. The molecule has 0 unspecified atom stereocenters. The normalized spacial score (nSPS) is 15.9. The van der Waals surface area contributed by atoms with Gasteiger partial charge in [-0.15, -0.1) is 0 Å². The topological polar surface area (TPSA) is 25.8 Å². The second-order valence-corrected chi connectivity index (χ2v) is 9.61. The van der Waals surface area contributed by atoms with Gasteiger partial charge in [0.15, 0.2) is 0 Å². The van der Waals surface area contributed by atoms with Crippen molar-refractivity contribution in [2.45, 2.75) is 30.6 Å². The zero-order chi connectivity index (χ0) is 22.0. The number of fused-ring (bicyclic) bond motifs is 2. The van der Waals surface area contributed by atoms with E-state index in [2.05, 4.69) is 89.0 Å². The Bertz CT molecular complexity index is 1420. The molecule has 2 aromatic heterocycles. The number of hydrogen-bond acceptors (Lipinski definition) is 3. The zero-order valence-electron chi connectivity index (χ0n) is 18.4. The van der Waals surface area contributed by atoms with Gasteiger partial charge >= 0.3 is 0 Å². The molecule has 0 atom stereocenters. The fourth-order valence-electron chi connectivity index (χ4n) is 4.85. The van der Waals surface area contributed by atoms with Crippen LogP contribution in [-0.2, 0) is 0 Å². The van der Waals surface area contributed by atoms with E-state index < -0.39 is 0 Å². The smallest absolute Gasteiger partial charge is 0.0661 e. The number of nitrogens with zero attached hydrogens (tertiary/aromatic N) is 2. The minimum absolute atomic E-state index is 1.02. The Hall–Kier alpha value is -3.43. The van der Waals surface area contributed by atoms with Gasteiger partial charge in [-0.25, -0.2) is 0 Å². The molecule has 0 spiro atoms. The number of pyridine rings is 2. The highest BCUT2D eigenvalue weighted by atomic mass is 32.2. The average Bonchev–Trinajstić information content (AvgIpc) is 2.90. The second kappa shape index (κ2) is 8.84. The summed E-state index contributed by atoms with van der Waals surface area (Å²) in [7, 11) is 0. The SMILES string of the molecule is C1=CCCC(c2c3ccccc3c(SC3=CC=C(c4ccccn4)CC3)c3ccncc23)=C1. The van der Waals surface area contributed by atoms with E-state index in [1.807, 2.05) is 30.2 Å². The third kappa shape index (κ3) is 3.83. The van der Waals surface area contributed by atoms with E-state index in [1.165, 1.54) is 48.1 Å². The van der Waals surface area contributed by atoms with Gasteiger partial charge < -0.3 is 0 Å². The van der Waals surface area contributed by atoms with Crippen molar-refractivity contribution in [3.05, 3.63) is 114 Å². The molecule has 2 nitrogen and oxygen atoms in total. The highest BCUT2D eigenvalue weighted by Gasteiger charge is 2.19. The van der Waals surface area contributed by atoms with Crippen LogP contribution in [0.4, 0.5) is 0 Å². The molecule has 0 saturated heterocycles. The summed E-state index contributed by atoms with van der Waals surface area (Å²) < 4.78 is 0. The van der Waals surface area contributed by atoms with Crippen molar-refractivity contribution in [3.8, 4) is 0 Å². The molecule has 160 valence electrons. The lowest BCUT2D eigenvalue weighted by atomic mass is 9.89. The molecule has 0 amide bonds. The molecule has 4 aromatic rings. The monoisotopic (exact) mass is 444 g/mol. The van der Waals surface area contributed by atoms with Crippen molar-refractivity contribution >= 4 is 44.5 Å². The van der Waals surface area contributed by atoms with Crippen LogP contribution >= 0.6 is 11.8 Å². The third-order valence-electron chi connectivity index (χ3n) is 6.45. The van der Waals surface area contributed by atoms with Gasteiger partial charge in [0.25, 0.3) is 0 Å². The van der Waals surface area contributed by atoms with Crippen LogP contribution in [0.1, 0.15) is 36.9 Å². The van der Waals surface area contributed by atoms with Gasteiger partial charge in [-0.2, -0.15) is 0 Å². The summed E-state index contributed by atoms with van der Waals surface area (Å²) in [4.78, 5) is 11.8. The molecule has 0 aliphatic heterocycles. The van der Waals surface area contributed by atoms with Crippen LogP contribution in [0.15, 0.2) is 107 Å². The van der Waals surface area contributed by atoms with E-state index in [0.717, 1.165) is 31.4 Å². The Balaban J connectivity index is 1.49. The minimum Gasteiger partial charge on any atom is -0.264 e. The number of benzene rings is 2. The number of aromatic nitrogens is 2. The highest BCUT2D eigenvalue weighted by Crippen LogP contribution is 2.46. The molecule has 0 bridgehead atoms. The van der Waals surface area contributed by atoms with Gasteiger partial charge in [-0.1, -0.05) is 72.5 Å². The van der Waals surface area contributed by atoms with Crippen molar-refractivity contribution in [2.75, 3.05) is 0 Å². The Morgan fingerprint density at radius 1 is 0.697 bits per heavy atom. The number of thioether (sulfide) groups is 1. The number of hydrogen-bond donors (Lipinski definition) is 0. The Morgan fingerprint density at radius 2 is 1.58 bits per heavy atom. The minimum atomic E-state index is 1.02. The molecule has 6 rings (SSSR count). The summed E-state index contributed by atoms with van der Waals surface area (Å²) in [6.45, 7) is 0. The predicted octanol–water partition coefficient (Wildman–Crippen LogP) is 8.37. The number of allylic oxidation sites excluding steroid dienone is 8. The first-order valence-corrected chi connectivity index (χ1v) is 12.3. The lowest BCUT2D eigenvalue weighted by molar-refractivity contribution is 1.02. The maximum atomic E-state index is 4.53. The quantitative estimate of drug-likeness (QED) is 0.296. The molecular formula is C30H24N2S. The molecule has 2 aliphatic carbocycles.